The SMILES string of the molecule is C#CCN(CC1CC1)c1nc2c(cc1C#N)CCC2. The number of hydrogen-bond donors (Lipinski definition) is 0. The van der Waals surface area contributed by atoms with E-state index >= 15 is 0 Å². The molecule has 0 aliphatic heterocycles. The van der Waals surface area contributed by atoms with Crippen LogP contribution in [0.25, 0.3) is 0 Å². The summed E-state index contributed by atoms with van der Waals surface area (Å²) in [5.41, 5.74) is 3.08. The van der Waals surface area contributed by atoms with Gasteiger partial charge < -0.3 is 4.90 Å². The van der Waals surface area contributed by atoms with Crippen LogP contribution in [0.2, 0.25) is 0 Å². The van der Waals surface area contributed by atoms with Crippen LogP contribution in [-0.4, -0.2) is 18.1 Å². The van der Waals surface area contributed by atoms with Crippen LogP contribution in [0.5, 0.6) is 0 Å². The molecule has 1 heterocycles. The summed E-state index contributed by atoms with van der Waals surface area (Å²) in [5.74, 6) is 4.23. The Kier molecular flexibility index (Phi) is 3.13. The number of aromatic nitrogens is 1. The predicted octanol–water partition coefficient (Wildman–Crippen LogP) is 2.29. The molecule has 1 saturated carbocycles. The van der Waals surface area contributed by atoms with Crippen molar-refractivity contribution in [2.45, 2.75) is 32.1 Å². The smallest absolute Gasteiger partial charge is 0.147 e. The first-order valence-corrected chi connectivity index (χ1v) is 6.93. The van der Waals surface area contributed by atoms with Gasteiger partial charge in [0.2, 0.25) is 0 Å². The Balaban J connectivity index is 1.96. The molecule has 0 atom stereocenters. The topological polar surface area (TPSA) is 39.9 Å². The largest absolute Gasteiger partial charge is 0.344 e. The summed E-state index contributed by atoms with van der Waals surface area (Å²) in [6.45, 7) is 1.47. The lowest BCUT2D eigenvalue weighted by atomic mass is 10.1. The molecule has 0 N–H and O–H groups in total. The van der Waals surface area contributed by atoms with Crippen LogP contribution in [0.15, 0.2) is 6.07 Å². The molecular formula is C16H17N3. The highest BCUT2D eigenvalue weighted by Crippen LogP contribution is 2.33. The van der Waals surface area contributed by atoms with Gasteiger partial charge in [-0.15, -0.1) is 6.42 Å². The van der Waals surface area contributed by atoms with Crippen LogP contribution in [-0.2, 0) is 12.8 Å². The van der Waals surface area contributed by atoms with Crippen molar-refractivity contribution in [1.29, 1.82) is 5.26 Å². The van der Waals surface area contributed by atoms with E-state index in [1.807, 2.05) is 6.07 Å². The van der Waals surface area contributed by atoms with Gasteiger partial charge in [-0.3, -0.25) is 0 Å². The number of anilines is 1. The van der Waals surface area contributed by atoms with Gasteiger partial charge in [0.15, 0.2) is 0 Å². The second kappa shape index (κ2) is 4.94. The Morgan fingerprint density at radius 2 is 2.26 bits per heavy atom. The number of nitriles is 1. The maximum Gasteiger partial charge on any atom is 0.147 e. The molecule has 2 aliphatic rings. The second-order valence-corrected chi connectivity index (χ2v) is 5.46. The Morgan fingerprint density at radius 3 is 2.95 bits per heavy atom. The molecule has 1 fully saturated rings. The molecule has 2 aliphatic carbocycles. The minimum absolute atomic E-state index is 0.539. The zero-order chi connectivity index (χ0) is 13.2. The lowest BCUT2D eigenvalue weighted by molar-refractivity contribution is 0.751. The highest BCUT2D eigenvalue weighted by atomic mass is 15.2. The van der Waals surface area contributed by atoms with Crippen LogP contribution < -0.4 is 4.90 Å². The lowest BCUT2D eigenvalue weighted by Gasteiger charge is -2.23. The summed E-state index contributed by atoms with van der Waals surface area (Å²) in [5, 5.41) is 9.35. The Labute approximate surface area is 114 Å². The maximum atomic E-state index is 9.35. The summed E-state index contributed by atoms with van der Waals surface area (Å²) in [4.78, 5) is 6.84. The molecule has 3 rings (SSSR count). The quantitative estimate of drug-likeness (QED) is 0.771. The molecular weight excluding hydrogens is 234 g/mol. The molecule has 1 aromatic heterocycles. The van der Waals surface area contributed by atoms with E-state index in [1.54, 1.807) is 0 Å². The molecule has 0 bridgehead atoms. The van der Waals surface area contributed by atoms with Gasteiger partial charge in [-0.05, 0) is 49.7 Å². The van der Waals surface area contributed by atoms with Crippen LogP contribution >= 0.6 is 0 Å². The first-order valence-electron chi connectivity index (χ1n) is 6.93. The van der Waals surface area contributed by atoms with E-state index < -0.39 is 0 Å². The zero-order valence-electron chi connectivity index (χ0n) is 11.0. The molecule has 0 unspecified atom stereocenters. The van der Waals surface area contributed by atoms with Crippen molar-refractivity contribution < 1.29 is 0 Å². The fraction of sp³-hybridized carbons (Fsp3) is 0.500. The normalized spacial score (nSPS) is 16.5. The molecule has 0 radical (unpaired) electrons. The number of fused-ring (bicyclic) bond motifs is 1. The van der Waals surface area contributed by atoms with E-state index in [0.29, 0.717) is 12.1 Å². The average Bonchev–Trinajstić information content (AvgIpc) is 3.12. The highest BCUT2D eigenvalue weighted by molar-refractivity contribution is 5.57. The minimum Gasteiger partial charge on any atom is -0.344 e. The number of rotatable bonds is 4. The van der Waals surface area contributed by atoms with Gasteiger partial charge in [0.1, 0.15) is 11.9 Å². The van der Waals surface area contributed by atoms with Crippen molar-refractivity contribution >= 4 is 5.82 Å². The van der Waals surface area contributed by atoms with E-state index in [-0.39, 0.29) is 0 Å². The first kappa shape index (κ1) is 12.1. The van der Waals surface area contributed by atoms with Crippen molar-refractivity contribution in [2.24, 2.45) is 5.92 Å². The summed E-state index contributed by atoms with van der Waals surface area (Å²) in [7, 11) is 0. The van der Waals surface area contributed by atoms with Crippen LogP contribution in [0, 0.1) is 29.6 Å². The average molecular weight is 251 g/mol. The van der Waals surface area contributed by atoms with E-state index in [9.17, 15) is 5.26 Å². The van der Waals surface area contributed by atoms with E-state index in [4.69, 9.17) is 11.4 Å². The molecule has 1 aromatic rings. The van der Waals surface area contributed by atoms with Crippen molar-refractivity contribution in [1.82, 2.24) is 4.98 Å². The molecule has 0 spiro atoms. The van der Waals surface area contributed by atoms with E-state index in [2.05, 4.69) is 16.9 Å². The number of pyridine rings is 1. The Hall–Kier alpha value is -2.00. The molecule has 96 valence electrons. The third-order valence-electron chi connectivity index (χ3n) is 3.91. The van der Waals surface area contributed by atoms with Gasteiger partial charge in [-0.1, -0.05) is 5.92 Å². The van der Waals surface area contributed by atoms with Gasteiger partial charge in [0.05, 0.1) is 12.1 Å². The fourth-order valence-corrected chi connectivity index (χ4v) is 2.73. The number of aryl methyl sites for hydroxylation is 2. The summed E-state index contributed by atoms with van der Waals surface area (Å²) in [6, 6.07) is 4.30. The molecule has 3 heteroatoms. The van der Waals surface area contributed by atoms with Crippen molar-refractivity contribution in [3.63, 3.8) is 0 Å². The van der Waals surface area contributed by atoms with Crippen molar-refractivity contribution in [3.05, 3.63) is 22.9 Å². The van der Waals surface area contributed by atoms with Crippen LogP contribution in [0.3, 0.4) is 0 Å². The van der Waals surface area contributed by atoms with Gasteiger partial charge in [0, 0.05) is 12.2 Å². The monoisotopic (exact) mass is 251 g/mol. The predicted molar refractivity (Wildman–Crippen MR) is 74.7 cm³/mol. The standard InChI is InChI=1S/C16H17N3/c1-2-8-19(11-12-6-7-12)16-14(10-17)9-13-4-3-5-15(13)18-16/h1,9,12H,3-8,11H2. The summed E-state index contributed by atoms with van der Waals surface area (Å²) < 4.78 is 0. The molecule has 19 heavy (non-hydrogen) atoms. The zero-order valence-corrected chi connectivity index (χ0v) is 11.0. The number of nitrogens with zero attached hydrogens (tertiary/aromatic N) is 3. The molecule has 0 amide bonds. The molecule has 0 saturated heterocycles. The third kappa shape index (κ3) is 2.42. The van der Waals surface area contributed by atoms with Crippen LogP contribution in [0.1, 0.15) is 36.1 Å². The number of terminal acetylenes is 1. The summed E-state index contributed by atoms with van der Waals surface area (Å²) >= 11 is 0. The molecule has 0 aromatic carbocycles. The van der Waals surface area contributed by atoms with E-state index in [1.165, 1.54) is 18.4 Å². The fourth-order valence-electron chi connectivity index (χ4n) is 2.73. The highest BCUT2D eigenvalue weighted by Gasteiger charge is 2.27. The van der Waals surface area contributed by atoms with Gasteiger partial charge in [0.25, 0.3) is 0 Å². The second-order valence-electron chi connectivity index (χ2n) is 5.46. The lowest BCUT2D eigenvalue weighted by Crippen LogP contribution is -2.28. The van der Waals surface area contributed by atoms with Crippen molar-refractivity contribution in [3.8, 4) is 18.4 Å². The Morgan fingerprint density at radius 1 is 1.42 bits per heavy atom. The van der Waals surface area contributed by atoms with Crippen LogP contribution in [0.4, 0.5) is 5.82 Å². The first-order chi connectivity index (χ1) is 9.31. The number of hydrogen-bond acceptors (Lipinski definition) is 3. The maximum absolute atomic E-state index is 9.35. The minimum atomic E-state index is 0.539. The third-order valence-corrected chi connectivity index (χ3v) is 3.91. The van der Waals surface area contributed by atoms with Crippen molar-refractivity contribution in [2.75, 3.05) is 18.0 Å². The Bertz CT molecular complexity index is 573. The van der Waals surface area contributed by atoms with Gasteiger partial charge in [-0.25, -0.2) is 4.98 Å². The van der Waals surface area contributed by atoms with Gasteiger partial charge in [-0.2, -0.15) is 5.26 Å². The van der Waals surface area contributed by atoms with E-state index in [0.717, 1.165) is 43.2 Å². The molecule has 3 nitrogen and oxygen atoms in total. The van der Waals surface area contributed by atoms with Gasteiger partial charge >= 0.3 is 0 Å². The summed E-state index contributed by atoms with van der Waals surface area (Å²) in [6.07, 6.45) is 11.2.